The van der Waals surface area contributed by atoms with E-state index in [0.29, 0.717) is 13.0 Å². The van der Waals surface area contributed by atoms with Gasteiger partial charge >= 0.3 is 0 Å². The summed E-state index contributed by atoms with van der Waals surface area (Å²) in [6.07, 6.45) is 0.828. The summed E-state index contributed by atoms with van der Waals surface area (Å²) in [7, 11) is 0. The van der Waals surface area contributed by atoms with Crippen LogP contribution in [-0.4, -0.2) is 19.0 Å². The normalized spacial score (nSPS) is 39.8. The van der Waals surface area contributed by atoms with E-state index in [9.17, 15) is 8.78 Å². The molecule has 2 fully saturated rings. The number of nitrogens with one attached hydrogen (secondary N) is 1. The molecule has 0 aromatic carbocycles. The lowest BCUT2D eigenvalue weighted by Gasteiger charge is -2.15. The first kappa shape index (κ1) is 9.20. The molecule has 0 aromatic heterocycles. The molecule has 0 spiro atoms. The summed E-state index contributed by atoms with van der Waals surface area (Å²) in [6.45, 7) is 1.33. The SMILES string of the molecule is Cl.FC1(F)CCC2CNCC21. The summed E-state index contributed by atoms with van der Waals surface area (Å²) >= 11 is 0. The molecule has 11 heavy (non-hydrogen) atoms. The summed E-state index contributed by atoms with van der Waals surface area (Å²) in [5.74, 6) is -2.46. The molecule has 0 bridgehead atoms. The highest BCUT2D eigenvalue weighted by Gasteiger charge is 2.51. The molecule has 1 N–H and O–H groups in total. The van der Waals surface area contributed by atoms with Crippen LogP contribution in [0.3, 0.4) is 0 Å². The average molecular weight is 184 g/mol. The van der Waals surface area contributed by atoms with E-state index in [1.165, 1.54) is 0 Å². The third-order valence-electron chi connectivity index (χ3n) is 2.73. The van der Waals surface area contributed by atoms with Crippen molar-refractivity contribution in [1.29, 1.82) is 0 Å². The van der Waals surface area contributed by atoms with Crippen LogP contribution in [0.2, 0.25) is 0 Å². The first-order chi connectivity index (χ1) is 4.70. The third kappa shape index (κ3) is 1.36. The Morgan fingerprint density at radius 2 is 2.00 bits per heavy atom. The molecule has 1 aliphatic carbocycles. The fraction of sp³-hybridized carbons (Fsp3) is 1.00. The molecule has 0 aromatic rings. The first-order valence-corrected chi connectivity index (χ1v) is 3.79. The molecule has 1 saturated carbocycles. The maximum atomic E-state index is 12.9. The first-order valence-electron chi connectivity index (χ1n) is 3.79. The number of hydrogen-bond acceptors (Lipinski definition) is 1. The van der Waals surface area contributed by atoms with Gasteiger partial charge in [0.2, 0.25) is 0 Å². The molecule has 0 radical (unpaired) electrons. The van der Waals surface area contributed by atoms with E-state index >= 15 is 0 Å². The van der Waals surface area contributed by atoms with Crippen LogP contribution in [0.25, 0.3) is 0 Å². The zero-order valence-electron chi connectivity index (χ0n) is 6.15. The lowest BCUT2D eigenvalue weighted by molar-refractivity contribution is -0.0358. The predicted molar refractivity (Wildman–Crippen MR) is 41.3 cm³/mol. The van der Waals surface area contributed by atoms with Crippen molar-refractivity contribution in [2.24, 2.45) is 11.8 Å². The number of rotatable bonds is 0. The van der Waals surface area contributed by atoms with Crippen molar-refractivity contribution in [1.82, 2.24) is 5.32 Å². The standard InChI is InChI=1S/C7H11F2N.ClH/c8-7(9)2-1-5-3-10-4-6(5)7;/h5-6,10H,1-4H2;1H. The Morgan fingerprint density at radius 3 is 2.64 bits per heavy atom. The number of halogens is 3. The van der Waals surface area contributed by atoms with Gasteiger partial charge in [0.15, 0.2) is 0 Å². The summed E-state index contributed by atoms with van der Waals surface area (Å²) in [5, 5.41) is 3.00. The fourth-order valence-electron chi connectivity index (χ4n) is 2.09. The van der Waals surface area contributed by atoms with E-state index in [1.54, 1.807) is 0 Å². The Hall–Kier alpha value is 0.110. The van der Waals surface area contributed by atoms with Crippen molar-refractivity contribution in [3.8, 4) is 0 Å². The Labute approximate surface area is 71.0 Å². The second kappa shape index (κ2) is 2.87. The van der Waals surface area contributed by atoms with E-state index in [2.05, 4.69) is 5.32 Å². The average Bonchev–Trinajstić information content (AvgIpc) is 2.36. The van der Waals surface area contributed by atoms with Crippen LogP contribution in [0.5, 0.6) is 0 Å². The third-order valence-corrected chi connectivity index (χ3v) is 2.73. The Bertz CT molecular complexity index is 151. The van der Waals surface area contributed by atoms with Crippen molar-refractivity contribution >= 4 is 12.4 Å². The maximum absolute atomic E-state index is 12.9. The Kier molecular flexibility index (Phi) is 2.40. The van der Waals surface area contributed by atoms with Gasteiger partial charge < -0.3 is 5.32 Å². The van der Waals surface area contributed by atoms with Crippen LogP contribution in [0.4, 0.5) is 8.78 Å². The minimum atomic E-state index is -2.37. The van der Waals surface area contributed by atoms with E-state index < -0.39 is 5.92 Å². The zero-order chi connectivity index (χ0) is 7.19. The van der Waals surface area contributed by atoms with Gasteiger partial charge in [-0.1, -0.05) is 0 Å². The van der Waals surface area contributed by atoms with Crippen molar-refractivity contribution in [2.75, 3.05) is 13.1 Å². The van der Waals surface area contributed by atoms with Crippen molar-refractivity contribution in [3.63, 3.8) is 0 Å². The molecule has 4 heteroatoms. The van der Waals surface area contributed by atoms with Gasteiger partial charge in [-0.2, -0.15) is 0 Å². The monoisotopic (exact) mass is 183 g/mol. The van der Waals surface area contributed by atoms with E-state index in [-0.39, 0.29) is 30.7 Å². The predicted octanol–water partition coefficient (Wildman–Crippen LogP) is 1.67. The van der Waals surface area contributed by atoms with Gasteiger partial charge in [-0.05, 0) is 18.9 Å². The van der Waals surface area contributed by atoms with Crippen LogP contribution >= 0.6 is 12.4 Å². The zero-order valence-corrected chi connectivity index (χ0v) is 6.96. The summed E-state index contributed by atoms with van der Waals surface area (Å²) in [6, 6.07) is 0. The molecule has 2 atom stereocenters. The van der Waals surface area contributed by atoms with Crippen molar-refractivity contribution < 1.29 is 8.78 Å². The van der Waals surface area contributed by atoms with Gasteiger partial charge in [0.25, 0.3) is 5.92 Å². The molecule has 1 heterocycles. The molecule has 1 aliphatic heterocycles. The molecular weight excluding hydrogens is 172 g/mol. The Morgan fingerprint density at radius 1 is 1.27 bits per heavy atom. The van der Waals surface area contributed by atoms with Gasteiger partial charge in [-0.15, -0.1) is 12.4 Å². The molecule has 1 nitrogen and oxygen atoms in total. The van der Waals surface area contributed by atoms with Gasteiger partial charge in [0.1, 0.15) is 0 Å². The van der Waals surface area contributed by atoms with Gasteiger partial charge in [0.05, 0.1) is 0 Å². The second-order valence-corrected chi connectivity index (χ2v) is 3.32. The van der Waals surface area contributed by atoms with Gasteiger partial charge in [-0.3, -0.25) is 0 Å². The molecule has 0 amide bonds. The molecule has 66 valence electrons. The Balaban J connectivity index is 0.000000605. The quantitative estimate of drug-likeness (QED) is 0.603. The maximum Gasteiger partial charge on any atom is 0.252 e. The van der Waals surface area contributed by atoms with E-state index in [1.807, 2.05) is 0 Å². The lowest BCUT2D eigenvalue weighted by atomic mass is 9.99. The van der Waals surface area contributed by atoms with Crippen LogP contribution in [0.1, 0.15) is 12.8 Å². The van der Waals surface area contributed by atoms with Crippen LogP contribution < -0.4 is 5.32 Å². The molecule has 2 rings (SSSR count). The molecule has 2 unspecified atom stereocenters. The van der Waals surface area contributed by atoms with Crippen molar-refractivity contribution in [2.45, 2.75) is 18.8 Å². The van der Waals surface area contributed by atoms with Gasteiger partial charge in [-0.25, -0.2) is 8.78 Å². The fourth-order valence-corrected chi connectivity index (χ4v) is 2.09. The summed E-state index contributed by atoms with van der Waals surface area (Å²) in [5.41, 5.74) is 0. The van der Waals surface area contributed by atoms with E-state index in [0.717, 1.165) is 6.54 Å². The molecule has 1 saturated heterocycles. The van der Waals surface area contributed by atoms with Gasteiger partial charge in [0, 0.05) is 18.9 Å². The topological polar surface area (TPSA) is 12.0 Å². The number of alkyl halides is 2. The van der Waals surface area contributed by atoms with Crippen molar-refractivity contribution in [3.05, 3.63) is 0 Å². The number of fused-ring (bicyclic) bond motifs is 1. The number of hydrogen-bond donors (Lipinski definition) is 1. The van der Waals surface area contributed by atoms with Crippen LogP contribution in [0.15, 0.2) is 0 Å². The minimum absolute atomic E-state index is 0. The molecule has 2 aliphatic rings. The highest BCUT2D eigenvalue weighted by molar-refractivity contribution is 5.85. The largest absolute Gasteiger partial charge is 0.316 e. The van der Waals surface area contributed by atoms with E-state index in [4.69, 9.17) is 0 Å². The van der Waals surface area contributed by atoms with Crippen LogP contribution in [0, 0.1) is 11.8 Å². The van der Waals surface area contributed by atoms with Crippen LogP contribution in [-0.2, 0) is 0 Å². The highest BCUT2D eigenvalue weighted by Crippen LogP contribution is 2.45. The highest BCUT2D eigenvalue weighted by atomic mass is 35.5. The second-order valence-electron chi connectivity index (χ2n) is 3.32. The summed E-state index contributed by atoms with van der Waals surface area (Å²) in [4.78, 5) is 0. The smallest absolute Gasteiger partial charge is 0.252 e. The minimum Gasteiger partial charge on any atom is -0.316 e. The lowest BCUT2D eigenvalue weighted by Crippen LogP contribution is -2.26. The molecular formula is C7H12ClF2N. The summed E-state index contributed by atoms with van der Waals surface area (Å²) < 4.78 is 25.7.